The fourth-order valence-electron chi connectivity index (χ4n) is 6.38. The van der Waals surface area contributed by atoms with Gasteiger partial charge in [-0.1, -0.05) is 31.5 Å². The van der Waals surface area contributed by atoms with Crippen molar-refractivity contribution in [3.8, 4) is 11.8 Å². The number of nitrogens with one attached hydrogen (secondary N) is 2. The second-order valence-corrected chi connectivity index (χ2v) is 11.4. The first-order valence-electron chi connectivity index (χ1n) is 13.3. The highest BCUT2D eigenvalue weighted by molar-refractivity contribution is 6.00. The van der Waals surface area contributed by atoms with Gasteiger partial charge in [0.25, 0.3) is 11.5 Å². The number of aryl methyl sites for hydroxylation is 1. The van der Waals surface area contributed by atoms with Gasteiger partial charge in [-0.2, -0.15) is 5.26 Å². The molecule has 0 radical (unpaired) electrons. The molecule has 1 aliphatic carbocycles. The van der Waals surface area contributed by atoms with E-state index in [1.54, 1.807) is 42.3 Å². The van der Waals surface area contributed by atoms with Gasteiger partial charge in [-0.3, -0.25) is 14.4 Å². The fraction of sp³-hybridized carbons (Fsp3) is 0.355. The Balaban J connectivity index is 1.25. The summed E-state index contributed by atoms with van der Waals surface area (Å²) in [4.78, 5) is 44.5. The zero-order valence-corrected chi connectivity index (χ0v) is 22.8. The molecule has 2 amide bonds. The van der Waals surface area contributed by atoms with Crippen molar-refractivity contribution in [2.24, 2.45) is 17.3 Å². The van der Waals surface area contributed by atoms with E-state index in [-0.39, 0.29) is 40.9 Å². The third-order valence-electron chi connectivity index (χ3n) is 8.66. The molecule has 2 aliphatic rings. The first-order chi connectivity index (χ1) is 19.1. The highest BCUT2D eigenvalue weighted by Crippen LogP contribution is 2.65. The number of piperidine rings is 1. The molecule has 0 spiro atoms. The normalized spacial score (nSPS) is 21.6. The largest absolute Gasteiger partial charge is 0.496 e. The Morgan fingerprint density at radius 2 is 2.05 bits per heavy atom. The molecule has 2 N–H and O–H groups in total. The first kappa shape index (κ1) is 25.7. The number of ether oxygens (including phenoxy) is 1. The Hall–Kier alpha value is -4.58. The minimum Gasteiger partial charge on any atom is -0.496 e. The van der Waals surface area contributed by atoms with Crippen LogP contribution in [0.5, 0.6) is 5.75 Å². The van der Waals surface area contributed by atoms with Gasteiger partial charge in [0.15, 0.2) is 5.76 Å². The molecule has 0 unspecified atom stereocenters. The van der Waals surface area contributed by atoms with E-state index in [1.807, 2.05) is 25.1 Å². The number of carbonyl (C=O) groups is 2. The minimum atomic E-state index is -0.941. The molecule has 0 bridgehead atoms. The summed E-state index contributed by atoms with van der Waals surface area (Å²) in [6, 6.07) is 14.9. The number of likely N-dealkylation sites (tertiary alicyclic amines) is 1. The van der Waals surface area contributed by atoms with Crippen LogP contribution in [0.25, 0.3) is 21.9 Å². The molecule has 2 aromatic heterocycles. The molecule has 204 valence electrons. The predicted octanol–water partition coefficient (Wildman–Crippen LogP) is 3.94. The van der Waals surface area contributed by atoms with E-state index in [9.17, 15) is 19.6 Å². The second kappa shape index (κ2) is 9.26. The van der Waals surface area contributed by atoms with Crippen LogP contribution in [0.1, 0.15) is 35.5 Å². The van der Waals surface area contributed by atoms with Crippen LogP contribution in [0.15, 0.2) is 57.7 Å². The van der Waals surface area contributed by atoms with E-state index >= 15 is 0 Å². The summed E-state index contributed by atoms with van der Waals surface area (Å²) >= 11 is 0. The number of carbonyl (C=O) groups excluding carboxylic acids is 2. The molecular formula is C31H30N4O5. The van der Waals surface area contributed by atoms with E-state index in [0.717, 1.165) is 10.9 Å². The van der Waals surface area contributed by atoms with Crippen molar-refractivity contribution in [3.63, 3.8) is 0 Å². The Morgan fingerprint density at radius 1 is 1.25 bits per heavy atom. The Labute approximate surface area is 230 Å². The van der Waals surface area contributed by atoms with Crippen molar-refractivity contribution >= 4 is 33.7 Å². The molecule has 2 aromatic carbocycles. The molecule has 4 aromatic rings. The Morgan fingerprint density at radius 3 is 2.80 bits per heavy atom. The van der Waals surface area contributed by atoms with Gasteiger partial charge in [0, 0.05) is 30.1 Å². The number of benzene rings is 2. The zero-order chi connectivity index (χ0) is 28.3. The quantitative estimate of drug-likeness (QED) is 0.383. The molecule has 1 aliphatic heterocycles. The Kier molecular flexibility index (Phi) is 5.95. The summed E-state index contributed by atoms with van der Waals surface area (Å²) in [7, 11) is 1.55. The standard InChI is InChI=1S/C31H30N4O5/c1-16-8-9-22-17(10-16)11-18(28(36)34-22)12-19(14-32)33-29(37)27-26-21(31(26,2)3)15-35(27)30(38)25-13-20-23(39-4)6-5-7-24(20)40-25/h5-11,13,19,21,26-27H,12,15H2,1-4H3,(H,33,37)(H,34,36)/t19-,21-,26-,27-/m0/s1. The lowest BCUT2D eigenvalue weighted by atomic mass is 9.99. The van der Waals surface area contributed by atoms with Crippen LogP contribution < -0.4 is 15.6 Å². The van der Waals surface area contributed by atoms with Gasteiger partial charge in [0.2, 0.25) is 5.91 Å². The summed E-state index contributed by atoms with van der Waals surface area (Å²) in [6.07, 6.45) is 0.0446. The van der Waals surface area contributed by atoms with Gasteiger partial charge >= 0.3 is 0 Å². The Bertz CT molecular complexity index is 1780. The number of methoxy groups -OCH3 is 1. The number of furan rings is 1. The van der Waals surface area contributed by atoms with E-state index < -0.39 is 18.0 Å². The number of hydrogen-bond acceptors (Lipinski definition) is 6. The highest BCUT2D eigenvalue weighted by atomic mass is 16.5. The summed E-state index contributed by atoms with van der Waals surface area (Å²) < 4.78 is 11.3. The summed E-state index contributed by atoms with van der Waals surface area (Å²) in [5.74, 6) is 0.0675. The molecule has 1 saturated heterocycles. The number of hydrogen-bond donors (Lipinski definition) is 2. The van der Waals surface area contributed by atoms with Gasteiger partial charge in [-0.05, 0) is 59.9 Å². The van der Waals surface area contributed by atoms with E-state index in [2.05, 4.69) is 30.2 Å². The molecule has 40 heavy (non-hydrogen) atoms. The minimum absolute atomic E-state index is 0.0400. The number of nitrogens with zero attached hydrogens (tertiary/aromatic N) is 2. The number of aromatic nitrogens is 1. The number of nitriles is 1. The van der Waals surface area contributed by atoms with Gasteiger partial charge in [0.05, 0.1) is 18.6 Å². The SMILES string of the molecule is COc1cccc2oc(C(=O)N3C[C@H]4[C@@H]([C@H]3C(=O)N[C@H](C#N)Cc3cc5cc(C)ccc5[nH]c3=O)C4(C)C)cc12. The molecule has 3 heterocycles. The summed E-state index contributed by atoms with van der Waals surface area (Å²) in [6.45, 7) is 6.57. The lowest BCUT2D eigenvalue weighted by Crippen LogP contribution is -2.52. The zero-order valence-electron chi connectivity index (χ0n) is 22.8. The number of amides is 2. The predicted molar refractivity (Wildman–Crippen MR) is 149 cm³/mol. The van der Waals surface area contributed by atoms with Gasteiger partial charge in [0.1, 0.15) is 23.4 Å². The maximum Gasteiger partial charge on any atom is 0.290 e. The smallest absolute Gasteiger partial charge is 0.290 e. The van der Waals surface area contributed by atoms with Gasteiger partial charge in [-0.25, -0.2) is 0 Å². The third-order valence-corrected chi connectivity index (χ3v) is 8.66. The van der Waals surface area contributed by atoms with Crippen molar-refractivity contribution < 1.29 is 18.7 Å². The first-order valence-corrected chi connectivity index (χ1v) is 13.3. The lowest BCUT2D eigenvalue weighted by molar-refractivity contribution is -0.126. The molecule has 6 rings (SSSR count). The number of rotatable bonds is 6. The highest BCUT2D eigenvalue weighted by Gasteiger charge is 2.69. The van der Waals surface area contributed by atoms with E-state index in [0.29, 0.717) is 34.3 Å². The van der Waals surface area contributed by atoms with Crippen LogP contribution >= 0.6 is 0 Å². The molecular weight excluding hydrogens is 508 g/mol. The number of aromatic amines is 1. The molecule has 9 heteroatoms. The van der Waals surface area contributed by atoms with Crippen LogP contribution in [0.4, 0.5) is 0 Å². The fourth-order valence-corrected chi connectivity index (χ4v) is 6.38. The topological polar surface area (TPSA) is 128 Å². The van der Waals surface area contributed by atoms with Crippen LogP contribution in [-0.4, -0.2) is 47.4 Å². The van der Waals surface area contributed by atoms with Crippen LogP contribution in [-0.2, 0) is 11.2 Å². The average Bonchev–Trinajstić information content (AvgIpc) is 3.31. The monoisotopic (exact) mass is 538 g/mol. The van der Waals surface area contributed by atoms with Crippen LogP contribution in [0.2, 0.25) is 0 Å². The third kappa shape index (κ3) is 4.11. The molecule has 4 atom stereocenters. The maximum absolute atomic E-state index is 13.7. The number of H-pyrrole nitrogens is 1. The van der Waals surface area contributed by atoms with Crippen molar-refractivity contribution in [3.05, 3.63) is 75.8 Å². The van der Waals surface area contributed by atoms with Crippen molar-refractivity contribution in [1.82, 2.24) is 15.2 Å². The van der Waals surface area contributed by atoms with E-state index in [4.69, 9.17) is 9.15 Å². The average molecular weight is 539 g/mol. The van der Waals surface area contributed by atoms with Gasteiger partial charge in [-0.15, -0.1) is 0 Å². The number of pyridine rings is 1. The van der Waals surface area contributed by atoms with Crippen molar-refractivity contribution in [2.45, 2.75) is 39.3 Å². The lowest BCUT2D eigenvalue weighted by Gasteiger charge is -2.30. The van der Waals surface area contributed by atoms with Crippen molar-refractivity contribution in [2.75, 3.05) is 13.7 Å². The van der Waals surface area contributed by atoms with E-state index in [1.165, 1.54) is 0 Å². The summed E-state index contributed by atoms with van der Waals surface area (Å²) in [5, 5.41) is 14.3. The maximum atomic E-state index is 13.7. The number of fused-ring (bicyclic) bond motifs is 3. The van der Waals surface area contributed by atoms with Crippen LogP contribution in [0.3, 0.4) is 0 Å². The second-order valence-electron chi connectivity index (χ2n) is 11.4. The van der Waals surface area contributed by atoms with Crippen molar-refractivity contribution in [1.29, 1.82) is 5.26 Å². The van der Waals surface area contributed by atoms with Crippen LogP contribution in [0, 0.1) is 35.5 Å². The molecule has 9 nitrogen and oxygen atoms in total. The molecule has 2 fully saturated rings. The summed E-state index contributed by atoms with van der Waals surface area (Å²) in [5.41, 5.74) is 2.28. The molecule has 1 saturated carbocycles. The van der Waals surface area contributed by atoms with Gasteiger partial charge < -0.3 is 24.4 Å².